The van der Waals surface area contributed by atoms with Crippen LogP contribution in [0, 0.1) is 11.3 Å². The fourth-order valence-electron chi connectivity index (χ4n) is 1.44. The van der Waals surface area contributed by atoms with Gasteiger partial charge in [-0.25, -0.2) is 4.68 Å². The summed E-state index contributed by atoms with van der Waals surface area (Å²) >= 11 is 0. The van der Waals surface area contributed by atoms with Gasteiger partial charge < -0.3 is 4.90 Å². The first kappa shape index (κ1) is 14.1. The van der Waals surface area contributed by atoms with Crippen LogP contribution in [0.3, 0.4) is 0 Å². The molecule has 0 unspecified atom stereocenters. The van der Waals surface area contributed by atoms with E-state index < -0.39 is 0 Å². The van der Waals surface area contributed by atoms with Crippen molar-refractivity contribution in [2.24, 2.45) is 0 Å². The molecule has 0 saturated carbocycles. The summed E-state index contributed by atoms with van der Waals surface area (Å²) in [5.74, 6) is 0.563. The molecular weight excluding hydrogens is 232 g/mol. The summed E-state index contributed by atoms with van der Waals surface area (Å²) in [7, 11) is 1.67. The molecule has 18 heavy (non-hydrogen) atoms. The predicted octanol–water partition coefficient (Wildman–Crippen LogP) is 0.343. The summed E-state index contributed by atoms with van der Waals surface area (Å²) in [6, 6.07) is 2.01. The molecule has 98 valence electrons. The molecule has 1 rings (SSSR count). The van der Waals surface area contributed by atoms with Gasteiger partial charge in [-0.05, 0) is 10.4 Å². The first-order valence-corrected chi connectivity index (χ1v) is 5.74. The average Bonchev–Trinajstić information content (AvgIpc) is 2.73. The van der Waals surface area contributed by atoms with Gasteiger partial charge in [-0.3, -0.25) is 4.79 Å². The van der Waals surface area contributed by atoms with Gasteiger partial charge >= 0.3 is 0 Å². The Labute approximate surface area is 106 Å². The summed E-state index contributed by atoms with van der Waals surface area (Å²) in [6.45, 7) is 6.47. The van der Waals surface area contributed by atoms with Crippen molar-refractivity contribution in [2.75, 3.05) is 13.6 Å². The highest BCUT2D eigenvalue weighted by Crippen LogP contribution is 2.18. The summed E-state index contributed by atoms with van der Waals surface area (Å²) in [4.78, 5) is 13.4. The minimum absolute atomic E-state index is 0.0987. The molecule has 7 heteroatoms. The van der Waals surface area contributed by atoms with Crippen LogP contribution in [-0.2, 0) is 16.8 Å². The van der Waals surface area contributed by atoms with E-state index in [4.69, 9.17) is 5.26 Å². The number of carbonyl (C=O) groups is 1. The zero-order chi connectivity index (χ0) is 13.8. The molecule has 0 atom stereocenters. The molecule has 0 saturated heterocycles. The number of nitrogens with zero attached hydrogens (tertiary/aromatic N) is 6. The molecule has 0 aliphatic carbocycles. The Morgan fingerprint density at radius 1 is 1.50 bits per heavy atom. The number of amides is 1. The molecule has 0 aliphatic heterocycles. The largest absolute Gasteiger partial charge is 0.343 e. The van der Waals surface area contributed by atoms with Gasteiger partial charge in [0.1, 0.15) is 6.54 Å². The number of carbonyl (C=O) groups excluding carboxylic acids is 1. The molecule has 0 fully saturated rings. The highest BCUT2D eigenvalue weighted by atomic mass is 16.2. The maximum atomic E-state index is 11.9. The Morgan fingerprint density at radius 2 is 2.17 bits per heavy atom. The Hall–Kier alpha value is -1.97. The second kappa shape index (κ2) is 5.58. The Kier molecular flexibility index (Phi) is 4.37. The number of aromatic nitrogens is 4. The van der Waals surface area contributed by atoms with Gasteiger partial charge in [0, 0.05) is 19.0 Å². The lowest BCUT2D eigenvalue weighted by Crippen LogP contribution is -2.33. The van der Waals surface area contributed by atoms with E-state index in [2.05, 4.69) is 15.5 Å². The smallest absolute Gasteiger partial charge is 0.244 e. The standard InChI is InChI=1S/C11H18N6O/c1-11(2,3)10-13-14-15-17(10)8-9(18)16(4)7-5-6-12/h5,7-8H2,1-4H3. The van der Waals surface area contributed by atoms with Crippen LogP contribution < -0.4 is 0 Å². The van der Waals surface area contributed by atoms with Crippen molar-refractivity contribution >= 4 is 5.91 Å². The van der Waals surface area contributed by atoms with Crippen LogP contribution in [0.2, 0.25) is 0 Å². The maximum Gasteiger partial charge on any atom is 0.244 e. The molecule has 0 N–H and O–H groups in total. The van der Waals surface area contributed by atoms with E-state index in [1.807, 2.05) is 26.8 Å². The van der Waals surface area contributed by atoms with E-state index in [1.54, 1.807) is 7.05 Å². The lowest BCUT2D eigenvalue weighted by molar-refractivity contribution is -0.130. The monoisotopic (exact) mass is 250 g/mol. The average molecular weight is 250 g/mol. The Morgan fingerprint density at radius 3 is 2.72 bits per heavy atom. The molecular formula is C11H18N6O. The quantitative estimate of drug-likeness (QED) is 0.769. The number of nitriles is 1. The molecule has 0 aromatic carbocycles. The predicted molar refractivity (Wildman–Crippen MR) is 64.4 cm³/mol. The van der Waals surface area contributed by atoms with Crippen LogP contribution >= 0.6 is 0 Å². The lowest BCUT2D eigenvalue weighted by atomic mass is 9.96. The van der Waals surface area contributed by atoms with Gasteiger partial charge in [0.05, 0.1) is 12.5 Å². The Bertz CT molecular complexity index is 453. The molecule has 7 nitrogen and oxygen atoms in total. The second-order valence-corrected chi connectivity index (χ2v) is 5.13. The number of hydrogen-bond acceptors (Lipinski definition) is 5. The summed E-state index contributed by atoms with van der Waals surface area (Å²) in [5.41, 5.74) is -0.213. The second-order valence-electron chi connectivity index (χ2n) is 5.13. The van der Waals surface area contributed by atoms with Crippen molar-refractivity contribution in [3.8, 4) is 6.07 Å². The fourth-order valence-corrected chi connectivity index (χ4v) is 1.44. The summed E-state index contributed by atoms with van der Waals surface area (Å²) < 4.78 is 1.51. The van der Waals surface area contributed by atoms with Crippen LogP contribution in [0.25, 0.3) is 0 Å². The molecule has 1 aromatic heterocycles. The maximum absolute atomic E-state index is 11.9. The van der Waals surface area contributed by atoms with Crippen LogP contribution in [-0.4, -0.2) is 44.6 Å². The van der Waals surface area contributed by atoms with Crippen molar-refractivity contribution in [1.29, 1.82) is 5.26 Å². The third-order valence-corrected chi connectivity index (χ3v) is 2.47. The van der Waals surface area contributed by atoms with E-state index in [0.29, 0.717) is 18.8 Å². The minimum Gasteiger partial charge on any atom is -0.343 e. The number of rotatable bonds is 4. The van der Waals surface area contributed by atoms with Gasteiger partial charge in [-0.1, -0.05) is 20.8 Å². The highest BCUT2D eigenvalue weighted by molar-refractivity contribution is 5.75. The van der Waals surface area contributed by atoms with E-state index in [1.165, 1.54) is 9.58 Å². The molecule has 1 aromatic rings. The van der Waals surface area contributed by atoms with Crippen LogP contribution in [0.5, 0.6) is 0 Å². The van der Waals surface area contributed by atoms with Gasteiger partial charge in [0.25, 0.3) is 0 Å². The summed E-state index contributed by atoms with van der Waals surface area (Å²) in [6.07, 6.45) is 0.323. The van der Waals surface area contributed by atoms with E-state index in [0.717, 1.165) is 0 Å². The van der Waals surface area contributed by atoms with Gasteiger partial charge in [0.15, 0.2) is 5.82 Å². The Balaban J connectivity index is 2.71. The lowest BCUT2D eigenvalue weighted by Gasteiger charge is -2.19. The number of likely N-dealkylation sites (N-methyl/N-ethyl adjacent to an activating group) is 1. The van der Waals surface area contributed by atoms with E-state index in [-0.39, 0.29) is 17.9 Å². The fraction of sp³-hybridized carbons (Fsp3) is 0.727. The third-order valence-electron chi connectivity index (χ3n) is 2.47. The molecule has 0 aliphatic rings. The SMILES string of the molecule is CN(CCC#N)C(=O)Cn1nnnc1C(C)(C)C. The molecule has 0 radical (unpaired) electrons. The zero-order valence-electron chi connectivity index (χ0n) is 11.2. The van der Waals surface area contributed by atoms with Crippen LogP contribution in [0.1, 0.15) is 33.0 Å². The third kappa shape index (κ3) is 3.52. The number of tetrazole rings is 1. The normalized spacial score (nSPS) is 11.1. The molecule has 0 bridgehead atoms. The molecule has 1 heterocycles. The van der Waals surface area contributed by atoms with Crippen LogP contribution in [0.4, 0.5) is 0 Å². The topological polar surface area (TPSA) is 87.7 Å². The van der Waals surface area contributed by atoms with Gasteiger partial charge in [0.2, 0.25) is 5.91 Å². The van der Waals surface area contributed by atoms with Crippen molar-refractivity contribution in [1.82, 2.24) is 25.1 Å². The van der Waals surface area contributed by atoms with Crippen molar-refractivity contribution in [3.63, 3.8) is 0 Å². The molecule has 0 spiro atoms. The highest BCUT2D eigenvalue weighted by Gasteiger charge is 2.23. The van der Waals surface area contributed by atoms with Crippen molar-refractivity contribution < 1.29 is 4.79 Å². The first-order chi connectivity index (χ1) is 8.36. The van der Waals surface area contributed by atoms with Crippen LogP contribution in [0.15, 0.2) is 0 Å². The van der Waals surface area contributed by atoms with Crippen molar-refractivity contribution in [3.05, 3.63) is 5.82 Å². The first-order valence-electron chi connectivity index (χ1n) is 5.74. The number of hydrogen-bond donors (Lipinski definition) is 0. The molecule has 1 amide bonds. The van der Waals surface area contributed by atoms with E-state index >= 15 is 0 Å². The summed E-state index contributed by atoms with van der Waals surface area (Å²) in [5, 5.41) is 19.9. The zero-order valence-corrected chi connectivity index (χ0v) is 11.2. The minimum atomic E-state index is -0.213. The van der Waals surface area contributed by atoms with E-state index in [9.17, 15) is 4.79 Å². The van der Waals surface area contributed by atoms with Gasteiger partial charge in [-0.15, -0.1) is 5.10 Å². The van der Waals surface area contributed by atoms with Crippen molar-refractivity contribution in [2.45, 2.75) is 39.2 Å². The van der Waals surface area contributed by atoms with Gasteiger partial charge in [-0.2, -0.15) is 5.26 Å².